The van der Waals surface area contributed by atoms with Crippen molar-refractivity contribution >= 4 is 0 Å². The van der Waals surface area contributed by atoms with Gasteiger partial charge in [-0.3, -0.25) is 0 Å². The molecular weight excluding hydrogens is 290 g/mol. The van der Waals surface area contributed by atoms with Crippen LogP contribution in [0.1, 0.15) is 39.3 Å². The van der Waals surface area contributed by atoms with Crippen molar-refractivity contribution in [2.45, 2.75) is 39.3 Å². The van der Waals surface area contributed by atoms with E-state index >= 15 is 0 Å². The van der Waals surface area contributed by atoms with Crippen LogP contribution in [-0.4, -0.2) is 13.9 Å². The van der Waals surface area contributed by atoms with Crippen LogP contribution < -0.4 is 11.4 Å². The summed E-state index contributed by atoms with van der Waals surface area (Å²) in [5, 5.41) is 0. The van der Waals surface area contributed by atoms with Gasteiger partial charge in [-0.15, -0.1) is 0 Å². The van der Waals surface area contributed by atoms with Crippen LogP contribution in [0.15, 0.2) is 39.9 Å². The lowest BCUT2D eigenvalue weighted by Crippen LogP contribution is -2.47. The van der Waals surface area contributed by atoms with Crippen molar-refractivity contribution in [3.05, 3.63) is 51.3 Å². The minimum atomic E-state index is -0.170. The monoisotopic (exact) mass is 309 g/mol. The second-order valence-electron chi connectivity index (χ2n) is 8.40. The van der Waals surface area contributed by atoms with E-state index in [4.69, 9.17) is 0 Å². The van der Waals surface area contributed by atoms with E-state index in [9.17, 15) is 9.59 Å². The molecule has 3 fully saturated rings. The van der Waals surface area contributed by atoms with E-state index in [0.29, 0.717) is 17.0 Å². The third kappa shape index (κ3) is 0.832. The Kier molecular flexibility index (Phi) is 1.61. The Bertz CT molecular complexity index is 1010. The van der Waals surface area contributed by atoms with E-state index in [-0.39, 0.29) is 34.3 Å². The fraction of sp³-hybridized carbons (Fsp3) is 0.556. The van der Waals surface area contributed by atoms with Crippen LogP contribution in [0, 0.1) is 22.2 Å². The number of hydrogen-bond acceptors (Lipinski definition) is 2. The molecule has 0 N–H and O–H groups in total. The third-order valence-electron chi connectivity index (χ3n) is 8.54. The van der Waals surface area contributed by atoms with Crippen molar-refractivity contribution in [2.24, 2.45) is 22.2 Å². The highest BCUT2D eigenvalue weighted by Crippen LogP contribution is 3.02. The molecule has 4 aliphatic rings. The van der Waals surface area contributed by atoms with Crippen molar-refractivity contribution < 1.29 is 0 Å². The Morgan fingerprint density at radius 1 is 0.957 bits per heavy atom. The normalized spacial score (nSPS) is 47.2. The average Bonchev–Trinajstić information content (AvgIpc) is 2.89. The van der Waals surface area contributed by atoms with Gasteiger partial charge < -0.3 is 0 Å². The number of para-hydroxylation sites is 1. The lowest BCUT2D eigenvalue weighted by molar-refractivity contribution is 0.0140. The fourth-order valence-corrected chi connectivity index (χ4v) is 7.24. The molecule has 0 saturated heterocycles. The van der Waals surface area contributed by atoms with Gasteiger partial charge in [0.2, 0.25) is 0 Å². The molecule has 6 atom stereocenters. The number of benzene rings is 1. The second kappa shape index (κ2) is 2.99. The second-order valence-corrected chi connectivity index (χ2v) is 8.40. The summed E-state index contributed by atoms with van der Waals surface area (Å²) < 4.78 is 4.92. The van der Waals surface area contributed by atoms with Crippen LogP contribution in [-0.2, 0) is 0 Å². The number of rotatable bonds is 1. The van der Waals surface area contributed by atoms with Gasteiger partial charge in [-0.25, -0.2) is 23.5 Å². The van der Waals surface area contributed by atoms with E-state index in [1.165, 1.54) is 4.57 Å². The van der Waals surface area contributed by atoms with E-state index in [0.717, 1.165) is 6.42 Å². The summed E-state index contributed by atoms with van der Waals surface area (Å²) >= 11 is 0. The average molecular weight is 309 g/mol. The van der Waals surface area contributed by atoms with Crippen molar-refractivity contribution in [3.8, 4) is 5.69 Å². The number of hydrogen-bond donors (Lipinski definition) is 0. The number of fused-ring (bicyclic) bond motifs is 5. The van der Waals surface area contributed by atoms with Crippen LogP contribution in [0.3, 0.4) is 0 Å². The quantitative estimate of drug-likeness (QED) is 0.808. The molecule has 3 aliphatic carbocycles. The van der Waals surface area contributed by atoms with Gasteiger partial charge in [0, 0.05) is 11.3 Å². The highest BCUT2D eigenvalue weighted by Gasteiger charge is 2.99. The molecule has 3 saturated carbocycles. The number of aromatic nitrogens is 3. The molecule has 118 valence electrons. The van der Waals surface area contributed by atoms with Gasteiger partial charge in [0.05, 0.1) is 17.8 Å². The maximum Gasteiger partial charge on any atom is 0.352 e. The van der Waals surface area contributed by atoms with Crippen LogP contribution in [0.4, 0.5) is 0 Å². The molecule has 0 spiro atoms. The number of nitrogens with zero attached hydrogens (tertiary/aromatic N) is 3. The van der Waals surface area contributed by atoms with Gasteiger partial charge in [0.15, 0.2) is 0 Å². The first-order chi connectivity index (χ1) is 10.9. The van der Waals surface area contributed by atoms with E-state index < -0.39 is 0 Å². The van der Waals surface area contributed by atoms with Gasteiger partial charge in [-0.2, -0.15) is 0 Å². The van der Waals surface area contributed by atoms with Crippen LogP contribution >= 0.6 is 0 Å². The Labute approximate surface area is 133 Å². The maximum absolute atomic E-state index is 13.1. The van der Waals surface area contributed by atoms with Gasteiger partial charge in [0.25, 0.3) is 0 Å². The molecule has 0 radical (unpaired) electrons. The van der Waals surface area contributed by atoms with Crippen molar-refractivity contribution in [3.63, 3.8) is 0 Å². The Balaban J connectivity index is 1.65. The molecule has 1 aliphatic heterocycles. The van der Waals surface area contributed by atoms with Crippen molar-refractivity contribution in [1.82, 2.24) is 13.9 Å². The van der Waals surface area contributed by atoms with Crippen molar-refractivity contribution in [2.75, 3.05) is 0 Å². The summed E-state index contributed by atoms with van der Waals surface area (Å²) in [5.41, 5.74) is 1.08. The first-order valence-electron chi connectivity index (χ1n) is 8.41. The fourth-order valence-electron chi connectivity index (χ4n) is 7.24. The van der Waals surface area contributed by atoms with E-state index in [1.807, 2.05) is 30.3 Å². The van der Waals surface area contributed by atoms with Crippen LogP contribution in [0.25, 0.3) is 5.69 Å². The summed E-state index contributed by atoms with van der Waals surface area (Å²) in [6.07, 6.45) is 1.03. The largest absolute Gasteiger partial charge is 0.352 e. The van der Waals surface area contributed by atoms with E-state index in [1.54, 1.807) is 9.36 Å². The zero-order chi connectivity index (χ0) is 15.9. The van der Waals surface area contributed by atoms with Gasteiger partial charge in [0.1, 0.15) is 0 Å². The molecule has 0 bridgehead atoms. The highest BCUT2D eigenvalue weighted by atomic mass is 16.2. The molecule has 1 aromatic carbocycles. The molecular formula is C18H19N3O2. The summed E-state index contributed by atoms with van der Waals surface area (Å²) in [6.45, 7) is 7.03. The molecule has 2 heterocycles. The zero-order valence-corrected chi connectivity index (χ0v) is 13.5. The Morgan fingerprint density at radius 3 is 2.26 bits per heavy atom. The summed E-state index contributed by atoms with van der Waals surface area (Å²) in [5.74, 6) is 0.461. The summed E-state index contributed by atoms with van der Waals surface area (Å²) in [6, 6.07) is 9.66. The summed E-state index contributed by atoms with van der Waals surface area (Å²) in [4.78, 5) is 26.1. The van der Waals surface area contributed by atoms with Crippen LogP contribution in [0.5, 0.6) is 0 Å². The topological polar surface area (TPSA) is 48.9 Å². The van der Waals surface area contributed by atoms with Crippen molar-refractivity contribution in [1.29, 1.82) is 0 Å². The molecule has 1 aromatic heterocycles. The standard InChI is InChI=1S/C18H19N3O2/c1-16-9-11-12-13(18(16,3)17(12,16)2)21-15(23)19(14(22)20(11)21)10-7-5-4-6-8-10/h4-8,11-13H,9H2,1-3H3/t11-,12-,13+,16+,17-,18+/m0/s1. The van der Waals surface area contributed by atoms with Gasteiger partial charge >= 0.3 is 11.4 Å². The molecule has 5 heteroatoms. The van der Waals surface area contributed by atoms with E-state index in [2.05, 4.69) is 20.8 Å². The predicted octanol–water partition coefficient (Wildman–Crippen LogP) is 1.96. The molecule has 5 nitrogen and oxygen atoms in total. The lowest BCUT2D eigenvalue weighted by Gasteiger charge is -2.45. The molecule has 0 amide bonds. The molecule has 6 rings (SSSR count). The molecule has 23 heavy (non-hydrogen) atoms. The third-order valence-corrected chi connectivity index (χ3v) is 8.54. The molecule has 2 aromatic rings. The highest BCUT2D eigenvalue weighted by molar-refractivity contribution is 5.46. The summed E-state index contributed by atoms with van der Waals surface area (Å²) in [7, 11) is 0. The Morgan fingerprint density at radius 2 is 1.61 bits per heavy atom. The van der Waals surface area contributed by atoms with Crippen LogP contribution in [0.2, 0.25) is 0 Å². The smallest absolute Gasteiger partial charge is 0.245 e. The zero-order valence-electron chi connectivity index (χ0n) is 13.5. The minimum absolute atomic E-state index is 0.165. The molecule has 0 unspecified atom stereocenters. The maximum atomic E-state index is 13.1. The van der Waals surface area contributed by atoms with Gasteiger partial charge in [-0.1, -0.05) is 39.0 Å². The Hall–Kier alpha value is -2.04. The first kappa shape index (κ1) is 12.4. The first-order valence-corrected chi connectivity index (χ1v) is 8.41. The predicted molar refractivity (Wildman–Crippen MR) is 84.8 cm³/mol. The SMILES string of the molecule is C[C@]12C[C@H]3[C@H]4[C@@H](n5c(=O)n(-c6ccccc6)c(=O)n53)[C@@]1(C)[C@@]42C. The lowest BCUT2D eigenvalue weighted by atomic mass is 9.60. The minimum Gasteiger partial charge on any atom is -0.245 e. The van der Waals surface area contributed by atoms with Gasteiger partial charge in [-0.05, 0) is 29.4 Å².